The van der Waals surface area contributed by atoms with Gasteiger partial charge in [0.25, 0.3) is 5.91 Å². The predicted octanol–water partition coefficient (Wildman–Crippen LogP) is 3.81. The molecule has 0 saturated heterocycles. The van der Waals surface area contributed by atoms with Crippen LogP contribution in [0.15, 0.2) is 36.9 Å². The normalized spacial score (nSPS) is 19.7. The van der Waals surface area contributed by atoms with Crippen molar-refractivity contribution >= 4 is 29.1 Å². The fourth-order valence-electron chi connectivity index (χ4n) is 2.06. The van der Waals surface area contributed by atoms with Crippen LogP contribution in [0.5, 0.6) is 5.75 Å². The first-order chi connectivity index (χ1) is 9.76. The molecule has 0 spiro atoms. The summed E-state index contributed by atoms with van der Waals surface area (Å²) >= 11 is 12.1. The number of halogens is 2. The highest BCUT2D eigenvalue weighted by molar-refractivity contribution is 6.51. The smallest absolute Gasteiger partial charge is 0.263 e. The molecule has 0 aromatic heterocycles. The second-order valence-corrected chi connectivity index (χ2v) is 7.24. The second-order valence-electron chi connectivity index (χ2n) is 5.70. The maximum atomic E-state index is 12.0. The summed E-state index contributed by atoms with van der Waals surface area (Å²) in [4.78, 5) is 12.0. The van der Waals surface area contributed by atoms with Crippen molar-refractivity contribution in [1.82, 2.24) is 5.32 Å². The van der Waals surface area contributed by atoms with E-state index in [2.05, 4.69) is 11.9 Å². The Balaban J connectivity index is 1.99. The van der Waals surface area contributed by atoms with Gasteiger partial charge < -0.3 is 10.1 Å². The number of hydrogen-bond acceptors (Lipinski definition) is 2. The number of carbonyl (C=O) groups excluding carboxylic acids is 1. The number of rotatable bonds is 6. The molecule has 0 radical (unpaired) electrons. The SMILES string of the molecule is C=CCNC(=O)C(C)(C)Oc1ccc([C@H]2CC2(Cl)Cl)cc1. The Morgan fingerprint density at radius 2 is 2.05 bits per heavy atom. The molecule has 0 bridgehead atoms. The third-order valence-corrected chi connectivity index (χ3v) is 4.27. The van der Waals surface area contributed by atoms with Crippen molar-refractivity contribution in [3.05, 3.63) is 42.5 Å². The predicted molar refractivity (Wildman–Crippen MR) is 86.2 cm³/mol. The first-order valence-corrected chi connectivity index (χ1v) is 7.58. The van der Waals surface area contributed by atoms with E-state index < -0.39 is 9.93 Å². The molecule has 1 saturated carbocycles. The third kappa shape index (κ3) is 3.92. The topological polar surface area (TPSA) is 38.3 Å². The lowest BCUT2D eigenvalue weighted by atomic mass is 10.1. The monoisotopic (exact) mass is 327 g/mol. The molecule has 5 heteroatoms. The zero-order valence-corrected chi connectivity index (χ0v) is 13.7. The summed E-state index contributed by atoms with van der Waals surface area (Å²) in [5.74, 6) is 0.626. The molecule has 1 aromatic carbocycles. The number of ether oxygens (including phenoxy) is 1. The Kier molecular flexibility index (Phi) is 4.54. The molecular formula is C16H19Cl2NO2. The number of benzene rings is 1. The number of alkyl halides is 2. The lowest BCUT2D eigenvalue weighted by Crippen LogP contribution is -2.46. The third-order valence-electron chi connectivity index (χ3n) is 3.44. The van der Waals surface area contributed by atoms with Crippen molar-refractivity contribution in [3.8, 4) is 5.75 Å². The van der Waals surface area contributed by atoms with E-state index in [-0.39, 0.29) is 11.8 Å². The van der Waals surface area contributed by atoms with E-state index in [1.54, 1.807) is 19.9 Å². The molecule has 1 atom stereocenters. The molecular weight excluding hydrogens is 309 g/mol. The van der Waals surface area contributed by atoms with E-state index in [0.717, 1.165) is 12.0 Å². The van der Waals surface area contributed by atoms with Crippen LogP contribution in [0.1, 0.15) is 31.7 Å². The van der Waals surface area contributed by atoms with Crippen molar-refractivity contribution < 1.29 is 9.53 Å². The Labute approximate surface area is 135 Å². The molecule has 2 rings (SSSR count). The zero-order valence-electron chi connectivity index (χ0n) is 12.2. The van der Waals surface area contributed by atoms with Gasteiger partial charge in [-0.05, 0) is 38.0 Å². The van der Waals surface area contributed by atoms with Crippen LogP contribution in [-0.2, 0) is 4.79 Å². The summed E-state index contributed by atoms with van der Waals surface area (Å²) in [7, 11) is 0. The molecule has 1 fully saturated rings. The molecule has 1 aliphatic rings. The standard InChI is InChI=1S/C16H19Cl2NO2/c1-4-9-19-14(20)15(2,3)21-12-7-5-11(6-8-12)13-10-16(13,17)18/h4-8,13H,1,9-10H2,2-3H3,(H,19,20)/t13-/m1/s1. The van der Waals surface area contributed by atoms with E-state index in [1.807, 2.05) is 24.3 Å². The minimum absolute atomic E-state index is 0.179. The van der Waals surface area contributed by atoms with Gasteiger partial charge in [0.05, 0.1) is 0 Å². The van der Waals surface area contributed by atoms with E-state index in [9.17, 15) is 4.79 Å². The van der Waals surface area contributed by atoms with Crippen LogP contribution in [0, 0.1) is 0 Å². The summed E-state index contributed by atoms with van der Waals surface area (Å²) in [6.45, 7) is 7.43. The lowest BCUT2D eigenvalue weighted by molar-refractivity contribution is -0.133. The average Bonchev–Trinajstić information content (AvgIpc) is 3.05. The lowest BCUT2D eigenvalue weighted by Gasteiger charge is -2.25. The van der Waals surface area contributed by atoms with Gasteiger partial charge in [0.15, 0.2) is 5.60 Å². The van der Waals surface area contributed by atoms with Crippen molar-refractivity contribution in [1.29, 1.82) is 0 Å². The molecule has 0 heterocycles. The van der Waals surface area contributed by atoms with Gasteiger partial charge in [-0.15, -0.1) is 29.8 Å². The maximum Gasteiger partial charge on any atom is 0.263 e. The number of amides is 1. The number of nitrogens with one attached hydrogen (secondary N) is 1. The van der Waals surface area contributed by atoms with E-state index in [0.29, 0.717) is 12.3 Å². The summed E-state index contributed by atoms with van der Waals surface area (Å²) < 4.78 is 5.12. The minimum atomic E-state index is -0.952. The van der Waals surface area contributed by atoms with Gasteiger partial charge in [-0.2, -0.15) is 0 Å². The summed E-state index contributed by atoms with van der Waals surface area (Å²) in [6.07, 6.45) is 2.40. The molecule has 0 unspecified atom stereocenters. The molecule has 1 amide bonds. The Hall–Kier alpha value is -1.19. The van der Waals surface area contributed by atoms with E-state index in [4.69, 9.17) is 27.9 Å². The van der Waals surface area contributed by atoms with Gasteiger partial charge in [0.1, 0.15) is 10.1 Å². The van der Waals surface area contributed by atoms with E-state index in [1.165, 1.54) is 0 Å². The zero-order chi connectivity index (χ0) is 15.7. The number of hydrogen-bond donors (Lipinski definition) is 1. The number of carbonyl (C=O) groups is 1. The average molecular weight is 328 g/mol. The van der Waals surface area contributed by atoms with Crippen molar-refractivity contribution in [3.63, 3.8) is 0 Å². The quantitative estimate of drug-likeness (QED) is 0.637. The van der Waals surface area contributed by atoms with Crippen LogP contribution in [0.25, 0.3) is 0 Å². The van der Waals surface area contributed by atoms with Crippen LogP contribution in [-0.4, -0.2) is 22.4 Å². The largest absolute Gasteiger partial charge is 0.478 e. The summed E-state index contributed by atoms with van der Waals surface area (Å²) in [5.41, 5.74) is 0.133. The highest BCUT2D eigenvalue weighted by atomic mass is 35.5. The fourth-order valence-corrected chi connectivity index (χ4v) is 2.62. The maximum absolute atomic E-state index is 12.0. The van der Waals surface area contributed by atoms with Crippen molar-refractivity contribution in [2.24, 2.45) is 0 Å². The first kappa shape index (κ1) is 16.2. The van der Waals surface area contributed by atoms with Gasteiger partial charge in [-0.1, -0.05) is 18.2 Å². The van der Waals surface area contributed by atoms with Crippen LogP contribution in [0.4, 0.5) is 0 Å². The van der Waals surface area contributed by atoms with Gasteiger partial charge in [0, 0.05) is 12.5 Å². The van der Waals surface area contributed by atoms with Crippen LogP contribution in [0.3, 0.4) is 0 Å². The summed E-state index contributed by atoms with van der Waals surface area (Å²) in [5, 5.41) is 2.73. The first-order valence-electron chi connectivity index (χ1n) is 6.82. The minimum Gasteiger partial charge on any atom is -0.478 e. The molecule has 0 aliphatic heterocycles. The van der Waals surface area contributed by atoms with Crippen molar-refractivity contribution in [2.45, 2.75) is 36.1 Å². The van der Waals surface area contributed by atoms with Crippen LogP contribution >= 0.6 is 23.2 Å². The molecule has 3 nitrogen and oxygen atoms in total. The fraction of sp³-hybridized carbons (Fsp3) is 0.438. The molecule has 114 valence electrons. The Morgan fingerprint density at radius 3 is 2.52 bits per heavy atom. The van der Waals surface area contributed by atoms with Crippen LogP contribution in [0.2, 0.25) is 0 Å². The highest BCUT2D eigenvalue weighted by Gasteiger charge is 2.52. The van der Waals surface area contributed by atoms with Crippen molar-refractivity contribution in [2.75, 3.05) is 6.54 Å². The molecule has 1 aliphatic carbocycles. The van der Waals surface area contributed by atoms with Gasteiger partial charge >= 0.3 is 0 Å². The highest BCUT2D eigenvalue weighted by Crippen LogP contribution is 2.59. The Bertz CT molecular complexity index is 538. The van der Waals surface area contributed by atoms with Gasteiger partial charge in [-0.3, -0.25) is 4.79 Å². The van der Waals surface area contributed by atoms with Crippen LogP contribution < -0.4 is 10.1 Å². The van der Waals surface area contributed by atoms with Gasteiger partial charge in [0.2, 0.25) is 0 Å². The Morgan fingerprint density at radius 1 is 1.48 bits per heavy atom. The van der Waals surface area contributed by atoms with Gasteiger partial charge in [-0.25, -0.2) is 0 Å². The molecule has 1 aromatic rings. The second kappa shape index (κ2) is 5.90. The molecule has 21 heavy (non-hydrogen) atoms. The molecule has 1 N–H and O–H groups in total. The summed E-state index contributed by atoms with van der Waals surface area (Å²) in [6, 6.07) is 7.54. The van der Waals surface area contributed by atoms with E-state index >= 15 is 0 Å².